The predicted molar refractivity (Wildman–Crippen MR) is 61.4 cm³/mol. The van der Waals surface area contributed by atoms with Gasteiger partial charge < -0.3 is 0 Å². The second-order valence-corrected chi connectivity index (χ2v) is 6.04. The molecule has 0 N–H and O–H groups in total. The highest BCUT2D eigenvalue weighted by Crippen LogP contribution is 2.33. The summed E-state index contributed by atoms with van der Waals surface area (Å²) in [6.07, 6.45) is 1.12. The fraction of sp³-hybridized carbons (Fsp3) is 0.500. The molecule has 0 heterocycles. The van der Waals surface area contributed by atoms with E-state index in [0.717, 1.165) is 6.42 Å². The summed E-state index contributed by atoms with van der Waals surface area (Å²) >= 11 is 1.95. The Labute approximate surface area is 85.7 Å². The highest BCUT2D eigenvalue weighted by Gasteiger charge is 2.13. The second kappa shape index (κ2) is 4.19. The van der Waals surface area contributed by atoms with Crippen LogP contribution >= 0.6 is 11.8 Å². The number of benzene rings is 1. The monoisotopic (exact) mass is 194 g/mol. The van der Waals surface area contributed by atoms with Crippen molar-refractivity contribution in [2.45, 2.75) is 43.8 Å². The lowest BCUT2D eigenvalue weighted by Crippen LogP contribution is -2.07. The van der Waals surface area contributed by atoms with Crippen molar-refractivity contribution in [3.8, 4) is 0 Å². The van der Waals surface area contributed by atoms with Gasteiger partial charge >= 0.3 is 0 Å². The number of rotatable bonds is 2. The Hall–Kier alpha value is -0.430. The molecule has 72 valence electrons. The minimum absolute atomic E-state index is 0.311. The summed E-state index contributed by atoms with van der Waals surface area (Å²) in [7, 11) is 0. The molecule has 0 atom stereocenters. The Bertz CT molecular complexity index is 271. The molecule has 0 unspecified atom stereocenters. The first-order valence-corrected chi connectivity index (χ1v) is 5.61. The maximum Gasteiger partial charge on any atom is 0.0122 e. The molecule has 0 aliphatic heterocycles. The second-order valence-electron chi connectivity index (χ2n) is 4.18. The molecule has 1 heteroatoms. The zero-order chi connectivity index (χ0) is 9.90. The fourth-order valence-corrected chi connectivity index (χ4v) is 2.38. The third-order valence-corrected chi connectivity index (χ3v) is 3.00. The largest absolute Gasteiger partial charge is 0.120 e. The Balaban J connectivity index is 2.87. The van der Waals surface area contributed by atoms with Gasteiger partial charge in [0.1, 0.15) is 0 Å². The van der Waals surface area contributed by atoms with Crippen LogP contribution in [0.1, 0.15) is 33.3 Å². The lowest BCUT2D eigenvalue weighted by atomic mass is 10.2. The van der Waals surface area contributed by atoms with Crippen molar-refractivity contribution in [1.82, 2.24) is 0 Å². The predicted octanol–water partition coefficient (Wildman–Crippen LogP) is 4.14. The van der Waals surface area contributed by atoms with E-state index in [2.05, 4.69) is 52.0 Å². The van der Waals surface area contributed by atoms with Crippen LogP contribution in [0.3, 0.4) is 0 Å². The average molecular weight is 194 g/mol. The zero-order valence-corrected chi connectivity index (χ0v) is 9.74. The topological polar surface area (TPSA) is 0 Å². The molecule has 0 aromatic heterocycles. The highest BCUT2D eigenvalue weighted by atomic mass is 32.2. The van der Waals surface area contributed by atoms with Crippen LogP contribution < -0.4 is 0 Å². The van der Waals surface area contributed by atoms with Gasteiger partial charge in [-0.1, -0.05) is 45.9 Å². The van der Waals surface area contributed by atoms with Gasteiger partial charge in [-0.15, -0.1) is 11.8 Å². The van der Waals surface area contributed by atoms with E-state index in [0.29, 0.717) is 4.75 Å². The standard InChI is InChI=1S/C12H18S/c1-5-10-8-6-7-9-11(10)13-12(2,3)4/h6-9H,5H2,1-4H3. The average Bonchev–Trinajstić information content (AvgIpc) is 2.02. The SMILES string of the molecule is CCc1ccccc1SC(C)(C)C. The maximum absolute atomic E-state index is 2.25. The number of hydrogen-bond donors (Lipinski definition) is 0. The summed E-state index contributed by atoms with van der Waals surface area (Å²) in [6, 6.07) is 8.67. The van der Waals surface area contributed by atoms with Crippen molar-refractivity contribution >= 4 is 11.8 Å². The van der Waals surface area contributed by atoms with Crippen molar-refractivity contribution in [1.29, 1.82) is 0 Å². The molecule has 0 spiro atoms. The Morgan fingerprint density at radius 2 is 1.77 bits per heavy atom. The maximum atomic E-state index is 2.25. The molecule has 13 heavy (non-hydrogen) atoms. The normalized spacial score (nSPS) is 11.7. The highest BCUT2D eigenvalue weighted by molar-refractivity contribution is 8.00. The van der Waals surface area contributed by atoms with E-state index in [1.54, 1.807) is 0 Å². The molecule has 0 aliphatic rings. The lowest BCUT2D eigenvalue weighted by molar-refractivity contribution is 0.801. The van der Waals surface area contributed by atoms with Crippen LogP contribution in [-0.2, 0) is 6.42 Å². The van der Waals surface area contributed by atoms with Gasteiger partial charge in [-0.2, -0.15) is 0 Å². The minimum atomic E-state index is 0.311. The van der Waals surface area contributed by atoms with Crippen LogP contribution in [0.2, 0.25) is 0 Å². The van der Waals surface area contributed by atoms with Crippen molar-refractivity contribution < 1.29 is 0 Å². The summed E-state index contributed by atoms with van der Waals surface area (Å²) in [5, 5.41) is 0. The zero-order valence-electron chi connectivity index (χ0n) is 8.92. The first kappa shape index (κ1) is 10.6. The van der Waals surface area contributed by atoms with Gasteiger partial charge in [-0.05, 0) is 18.1 Å². The molecule has 1 aromatic carbocycles. The first-order chi connectivity index (χ1) is 6.03. The van der Waals surface area contributed by atoms with Gasteiger partial charge in [0.05, 0.1) is 0 Å². The summed E-state index contributed by atoms with van der Waals surface area (Å²) in [5.41, 5.74) is 1.46. The van der Waals surface area contributed by atoms with Crippen LogP contribution in [0.5, 0.6) is 0 Å². The Morgan fingerprint density at radius 1 is 1.15 bits per heavy atom. The van der Waals surface area contributed by atoms with E-state index in [1.165, 1.54) is 10.5 Å². The summed E-state index contributed by atoms with van der Waals surface area (Å²) in [4.78, 5) is 1.43. The smallest absolute Gasteiger partial charge is 0.0122 e. The molecule has 0 fully saturated rings. The van der Waals surface area contributed by atoms with Gasteiger partial charge in [-0.3, -0.25) is 0 Å². The van der Waals surface area contributed by atoms with Gasteiger partial charge in [0.25, 0.3) is 0 Å². The van der Waals surface area contributed by atoms with Gasteiger partial charge in [0.2, 0.25) is 0 Å². The molecule has 1 aromatic rings. The quantitative estimate of drug-likeness (QED) is 0.638. The van der Waals surface area contributed by atoms with E-state index in [-0.39, 0.29) is 0 Å². The van der Waals surface area contributed by atoms with Crippen molar-refractivity contribution in [3.63, 3.8) is 0 Å². The van der Waals surface area contributed by atoms with Crippen LogP contribution in [0.25, 0.3) is 0 Å². The Kier molecular flexibility index (Phi) is 3.43. The molecule has 0 nitrogen and oxygen atoms in total. The third kappa shape index (κ3) is 3.43. The number of thioether (sulfide) groups is 1. The Morgan fingerprint density at radius 3 is 2.31 bits per heavy atom. The molecule has 0 amide bonds. The van der Waals surface area contributed by atoms with Gasteiger partial charge in [0.15, 0.2) is 0 Å². The van der Waals surface area contributed by atoms with Crippen molar-refractivity contribution in [2.75, 3.05) is 0 Å². The molecular weight excluding hydrogens is 176 g/mol. The number of aryl methyl sites for hydroxylation is 1. The molecule has 0 radical (unpaired) electrons. The van der Waals surface area contributed by atoms with Gasteiger partial charge in [-0.25, -0.2) is 0 Å². The molecule has 0 saturated carbocycles. The lowest BCUT2D eigenvalue weighted by Gasteiger charge is -2.19. The van der Waals surface area contributed by atoms with Crippen LogP contribution in [0.4, 0.5) is 0 Å². The van der Waals surface area contributed by atoms with E-state index in [4.69, 9.17) is 0 Å². The van der Waals surface area contributed by atoms with E-state index >= 15 is 0 Å². The fourth-order valence-electron chi connectivity index (χ4n) is 1.23. The molecule has 0 saturated heterocycles. The van der Waals surface area contributed by atoms with E-state index in [9.17, 15) is 0 Å². The summed E-state index contributed by atoms with van der Waals surface area (Å²) < 4.78 is 0.311. The van der Waals surface area contributed by atoms with Crippen LogP contribution in [-0.4, -0.2) is 4.75 Å². The van der Waals surface area contributed by atoms with E-state index in [1.807, 2.05) is 11.8 Å². The minimum Gasteiger partial charge on any atom is -0.120 e. The summed E-state index contributed by atoms with van der Waals surface area (Å²) in [5.74, 6) is 0. The van der Waals surface area contributed by atoms with Crippen molar-refractivity contribution in [3.05, 3.63) is 29.8 Å². The number of hydrogen-bond acceptors (Lipinski definition) is 1. The van der Waals surface area contributed by atoms with Crippen molar-refractivity contribution in [2.24, 2.45) is 0 Å². The molecule has 0 bridgehead atoms. The van der Waals surface area contributed by atoms with Gasteiger partial charge in [0, 0.05) is 9.64 Å². The molecule has 1 rings (SSSR count). The van der Waals surface area contributed by atoms with E-state index < -0.39 is 0 Å². The molecular formula is C12H18S. The summed E-state index contributed by atoms with van der Waals surface area (Å²) in [6.45, 7) is 8.97. The molecule has 0 aliphatic carbocycles. The van der Waals surface area contributed by atoms with Crippen LogP contribution in [0, 0.1) is 0 Å². The third-order valence-electron chi connectivity index (χ3n) is 1.77. The first-order valence-electron chi connectivity index (χ1n) is 4.80. The van der Waals surface area contributed by atoms with Crippen LogP contribution in [0.15, 0.2) is 29.2 Å².